The van der Waals surface area contributed by atoms with Crippen molar-refractivity contribution in [1.29, 1.82) is 0 Å². The van der Waals surface area contributed by atoms with Gasteiger partial charge in [0.1, 0.15) is 0 Å². The smallest absolute Gasteiger partial charge is 0.548 e. The molecule has 31 heavy (non-hydrogen) atoms. The summed E-state index contributed by atoms with van der Waals surface area (Å²) in [5.74, 6) is -0.856. The predicted molar refractivity (Wildman–Crippen MR) is 130 cm³/mol. The van der Waals surface area contributed by atoms with E-state index in [0.29, 0.717) is 0 Å². The van der Waals surface area contributed by atoms with E-state index in [-0.39, 0.29) is 24.9 Å². The summed E-state index contributed by atoms with van der Waals surface area (Å²) >= 11 is 0. The maximum absolute atomic E-state index is 11.9. The Bertz CT molecular complexity index is 345. The van der Waals surface area contributed by atoms with E-state index in [2.05, 4.69) is 25.7 Å². The third-order valence-corrected chi connectivity index (χ3v) is 6.39. The third-order valence-electron chi connectivity index (χ3n) is 6.39. The molecule has 0 bridgehead atoms. The molecule has 0 fully saturated rings. The zero-order chi connectivity index (χ0) is 22.3. The van der Waals surface area contributed by atoms with Gasteiger partial charge in [0.05, 0.1) is 5.97 Å². The first-order valence-corrected chi connectivity index (χ1v) is 13.6. The second-order valence-electron chi connectivity index (χ2n) is 9.32. The molecule has 0 saturated heterocycles. The Morgan fingerprint density at radius 1 is 0.581 bits per heavy atom. The molecule has 0 aromatic carbocycles. The van der Waals surface area contributed by atoms with Crippen LogP contribution >= 0.6 is 0 Å². The van der Waals surface area contributed by atoms with Crippen LogP contribution in [0, 0.1) is 0 Å². The maximum atomic E-state index is 11.9. The zero-order valence-electron chi connectivity index (χ0n) is 21.9. The second kappa shape index (κ2) is 26.3. The summed E-state index contributed by atoms with van der Waals surface area (Å²) in [6.07, 6.45) is 24.7. The first kappa shape index (κ1) is 33.2. The van der Waals surface area contributed by atoms with Crippen molar-refractivity contribution in [3.8, 4) is 0 Å². The topological polar surface area (TPSA) is 43.4 Å². The molecule has 0 rings (SSSR count). The Morgan fingerprint density at radius 3 is 1.26 bits per heavy atom. The average Bonchev–Trinajstić information content (AvgIpc) is 2.73. The molecular formula is C27H54LiNO2. The number of unbranched alkanes of at least 4 members (excludes halogenated alkanes) is 16. The first-order valence-electron chi connectivity index (χ1n) is 13.6. The standard InChI is InChI=1S/C27H55NO2.Li/c1-4-7-10-12-14-16-18-21-24-28(26(27(29)30)23-20-9-6-3)25-22-19-17-15-13-11-8-5-2;/h26H,4-25H2,1-3H3,(H,29,30);/q;+1/p-1. The number of nitrogens with zero attached hydrogens (tertiary/aromatic N) is 1. The molecular weight excluding hydrogens is 377 g/mol. The number of carboxylic acid groups (broad SMARTS) is 1. The molecule has 0 radical (unpaired) electrons. The molecule has 180 valence electrons. The van der Waals surface area contributed by atoms with E-state index in [1.165, 1.54) is 89.9 Å². The number of hydrogen-bond donors (Lipinski definition) is 0. The van der Waals surface area contributed by atoms with Gasteiger partial charge in [0.15, 0.2) is 0 Å². The van der Waals surface area contributed by atoms with Gasteiger partial charge in [-0.2, -0.15) is 0 Å². The average molecular weight is 432 g/mol. The molecule has 0 amide bonds. The van der Waals surface area contributed by atoms with Gasteiger partial charge in [-0.3, -0.25) is 4.90 Å². The van der Waals surface area contributed by atoms with Gasteiger partial charge in [-0.25, -0.2) is 0 Å². The fourth-order valence-corrected chi connectivity index (χ4v) is 4.36. The SMILES string of the molecule is CCCCCCCCCCN(CCCCCCCCCC)C(CCCCC)C(=O)[O-].[Li+]. The van der Waals surface area contributed by atoms with Crippen molar-refractivity contribution in [1.82, 2.24) is 4.90 Å². The number of rotatable bonds is 24. The van der Waals surface area contributed by atoms with E-state index in [0.717, 1.165) is 51.6 Å². The monoisotopic (exact) mass is 431 g/mol. The Hall–Kier alpha value is 0.0274. The van der Waals surface area contributed by atoms with E-state index >= 15 is 0 Å². The normalized spacial score (nSPS) is 12.1. The summed E-state index contributed by atoms with van der Waals surface area (Å²) in [7, 11) is 0. The largest absolute Gasteiger partial charge is 1.00 e. The molecule has 0 aliphatic rings. The summed E-state index contributed by atoms with van der Waals surface area (Å²) in [6, 6.07) is -0.384. The third kappa shape index (κ3) is 21.6. The van der Waals surface area contributed by atoms with Gasteiger partial charge in [0.25, 0.3) is 0 Å². The molecule has 0 N–H and O–H groups in total. The molecule has 0 aliphatic heterocycles. The van der Waals surface area contributed by atoms with Crippen molar-refractivity contribution in [3.63, 3.8) is 0 Å². The Kier molecular flexibility index (Phi) is 28.1. The van der Waals surface area contributed by atoms with Crippen LogP contribution in [0.15, 0.2) is 0 Å². The van der Waals surface area contributed by atoms with Crippen LogP contribution in [0.4, 0.5) is 0 Å². The Morgan fingerprint density at radius 2 is 0.903 bits per heavy atom. The quantitative estimate of drug-likeness (QED) is 0.169. The van der Waals surface area contributed by atoms with Crippen LogP contribution in [0.1, 0.15) is 149 Å². The summed E-state index contributed by atoms with van der Waals surface area (Å²) in [6.45, 7) is 8.55. The number of carbonyl (C=O) groups excluding carboxylic acids is 1. The van der Waals surface area contributed by atoms with Crippen molar-refractivity contribution >= 4 is 5.97 Å². The molecule has 4 heteroatoms. The fraction of sp³-hybridized carbons (Fsp3) is 0.963. The summed E-state index contributed by atoms with van der Waals surface area (Å²) in [4.78, 5) is 14.1. The van der Waals surface area contributed by atoms with Crippen LogP contribution in [-0.2, 0) is 4.79 Å². The van der Waals surface area contributed by atoms with Gasteiger partial charge in [0.2, 0.25) is 0 Å². The molecule has 0 spiro atoms. The predicted octanol–water partition coefficient (Wildman–Crippen LogP) is 4.27. The van der Waals surface area contributed by atoms with Crippen LogP contribution in [0.25, 0.3) is 0 Å². The van der Waals surface area contributed by atoms with Crippen LogP contribution in [0.2, 0.25) is 0 Å². The van der Waals surface area contributed by atoms with Gasteiger partial charge in [-0.15, -0.1) is 0 Å². The fourth-order valence-electron chi connectivity index (χ4n) is 4.36. The summed E-state index contributed by atoms with van der Waals surface area (Å²) in [5.41, 5.74) is 0. The van der Waals surface area contributed by atoms with Crippen molar-refractivity contribution < 1.29 is 28.8 Å². The molecule has 0 aromatic heterocycles. The van der Waals surface area contributed by atoms with Crippen LogP contribution < -0.4 is 24.0 Å². The number of hydrogen-bond acceptors (Lipinski definition) is 3. The van der Waals surface area contributed by atoms with E-state index in [4.69, 9.17) is 0 Å². The number of carboxylic acids is 1. The minimum atomic E-state index is -0.856. The van der Waals surface area contributed by atoms with E-state index in [1.807, 2.05) is 0 Å². The first-order chi connectivity index (χ1) is 14.7. The van der Waals surface area contributed by atoms with Gasteiger partial charge in [0, 0.05) is 6.04 Å². The molecule has 1 atom stereocenters. The van der Waals surface area contributed by atoms with Crippen LogP contribution in [0.3, 0.4) is 0 Å². The summed E-state index contributed by atoms with van der Waals surface area (Å²) < 4.78 is 0. The second-order valence-corrected chi connectivity index (χ2v) is 9.32. The Labute approximate surface area is 207 Å². The Balaban J connectivity index is 0. The number of aliphatic carboxylic acids is 1. The van der Waals surface area contributed by atoms with Crippen LogP contribution in [0.5, 0.6) is 0 Å². The van der Waals surface area contributed by atoms with Crippen molar-refractivity contribution in [2.45, 2.75) is 155 Å². The zero-order valence-corrected chi connectivity index (χ0v) is 21.9. The van der Waals surface area contributed by atoms with Crippen molar-refractivity contribution in [3.05, 3.63) is 0 Å². The van der Waals surface area contributed by atoms with Gasteiger partial charge >= 0.3 is 18.9 Å². The summed E-state index contributed by atoms with van der Waals surface area (Å²) in [5, 5.41) is 11.9. The molecule has 0 saturated carbocycles. The van der Waals surface area contributed by atoms with E-state index in [9.17, 15) is 9.90 Å². The van der Waals surface area contributed by atoms with E-state index < -0.39 is 5.97 Å². The molecule has 0 heterocycles. The minimum Gasteiger partial charge on any atom is -0.548 e. The van der Waals surface area contributed by atoms with Gasteiger partial charge in [-0.05, 0) is 32.4 Å². The van der Waals surface area contributed by atoms with Crippen molar-refractivity contribution in [2.75, 3.05) is 13.1 Å². The van der Waals surface area contributed by atoms with Crippen LogP contribution in [-0.4, -0.2) is 30.0 Å². The van der Waals surface area contributed by atoms with Gasteiger partial charge < -0.3 is 9.90 Å². The molecule has 0 aliphatic carbocycles. The molecule has 3 nitrogen and oxygen atoms in total. The maximum Gasteiger partial charge on any atom is 1.00 e. The molecule has 1 unspecified atom stereocenters. The van der Waals surface area contributed by atoms with Gasteiger partial charge in [-0.1, -0.05) is 130 Å². The molecule has 0 aromatic rings. The number of carbonyl (C=O) groups is 1. The van der Waals surface area contributed by atoms with E-state index in [1.54, 1.807) is 0 Å². The minimum absolute atomic E-state index is 0. The van der Waals surface area contributed by atoms with Crippen molar-refractivity contribution in [2.24, 2.45) is 0 Å².